The zero-order valence-electron chi connectivity index (χ0n) is 32.7. The van der Waals surface area contributed by atoms with E-state index in [1.165, 1.54) is 0 Å². The third-order valence-electron chi connectivity index (χ3n) is 8.89. The summed E-state index contributed by atoms with van der Waals surface area (Å²) >= 11 is 0. The van der Waals surface area contributed by atoms with Crippen LogP contribution in [-0.4, -0.2) is 87.8 Å². The molecular weight excluding hydrogens is 724 g/mol. The number of nitrogens with one attached hydrogen (secondary N) is 5. The topological polar surface area (TPSA) is 263 Å². The molecule has 0 aliphatic rings. The van der Waals surface area contributed by atoms with Gasteiger partial charge in [0.05, 0.1) is 12.8 Å². The minimum absolute atomic E-state index is 0.0147. The van der Waals surface area contributed by atoms with Crippen LogP contribution in [-0.2, 0) is 51.2 Å². The van der Waals surface area contributed by atoms with Crippen LogP contribution in [0.25, 0.3) is 0 Å². The molecule has 0 heterocycles. The van der Waals surface area contributed by atoms with Gasteiger partial charge in [0.2, 0.25) is 35.4 Å². The largest absolute Gasteiger partial charge is 0.481 e. The summed E-state index contributed by atoms with van der Waals surface area (Å²) < 4.78 is 0. The number of aliphatic carboxylic acids is 2. The van der Waals surface area contributed by atoms with Crippen molar-refractivity contribution in [3.05, 3.63) is 71.8 Å². The SMILES string of the molecule is CC(C)C[C@H](NC(=O)[C@H](CC(=O)O)NC(=O)[C@H](CC(N)=O)NC(=O)[C@@H](NC(=O)[C@@H](NC(=O)C(Cc1ccccc1)Cc1ccccc1)C(C)C)C(C)C)C(=O)O. The van der Waals surface area contributed by atoms with Crippen LogP contribution in [0.5, 0.6) is 0 Å². The molecule has 0 fully saturated rings. The van der Waals surface area contributed by atoms with Gasteiger partial charge in [0.25, 0.3) is 0 Å². The van der Waals surface area contributed by atoms with Gasteiger partial charge >= 0.3 is 11.9 Å². The molecule has 16 heteroatoms. The van der Waals surface area contributed by atoms with Gasteiger partial charge in [-0.25, -0.2) is 4.79 Å². The predicted molar refractivity (Wildman–Crippen MR) is 206 cm³/mol. The molecule has 9 N–H and O–H groups in total. The fourth-order valence-electron chi connectivity index (χ4n) is 5.93. The Bertz CT molecular complexity index is 1630. The first-order valence-electron chi connectivity index (χ1n) is 18.6. The van der Waals surface area contributed by atoms with Gasteiger partial charge in [0.1, 0.15) is 30.2 Å². The Labute approximate surface area is 327 Å². The maximum absolute atomic E-state index is 13.8. The van der Waals surface area contributed by atoms with Crippen LogP contribution >= 0.6 is 0 Å². The number of carboxylic acid groups (broad SMARTS) is 2. The quantitative estimate of drug-likeness (QED) is 0.0802. The summed E-state index contributed by atoms with van der Waals surface area (Å²) in [4.78, 5) is 103. The number of nitrogens with two attached hydrogens (primary N) is 1. The first-order chi connectivity index (χ1) is 26.3. The standard InChI is InChI=1S/C40H56N6O10/c1-22(2)17-30(40(55)56)44-37(52)29(21-32(48)49)42-36(51)28(20-31(41)47)43-38(53)33(23(3)4)46-39(54)34(24(5)6)45-35(50)27(18-25-13-9-7-10-14-25)19-26-15-11-8-12-16-26/h7-16,22-24,27-30,33-34H,17-21H2,1-6H3,(H2,41,47)(H,42,51)(H,43,53)(H,44,52)(H,45,50)(H,46,54)(H,48,49)(H,55,56)/t28-,29-,30-,33-,34-/m0/s1. The number of hydrogen-bond donors (Lipinski definition) is 8. The average Bonchev–Trinajstić information content (AvgIpc) is 3.11. The highest BCUT2D eigenvalue weighted by Gasteiger charge is 2.36. The molecule has 306 valence electrons. The van der Waals surface area contributed by atoms with Crippen molar-refractivity contribution in [2.45, 2.75) is 104 Å². The molecule has 16 nitrogen and oxygen atoms in total. The Balaban J connectivity index is 2.27. The zero-order valence-corrected chi connectivity index (χ0v) is 32.7. The van der Waals surface area contributed by atoms with E-state index in [1.54, 1.807) is 41.5 Å². The van der Waals surface area contributed by atoms with E-state index in [4.69, 9.17) is 5.73 Å². The molecule has 0 radical (unpaired) electrons. The van der Waals surface area contributed by atoms with Crippen LogP contribution in [0.15, 0.2) is 60.7 Å². The summed E-state index contributed by atoms with van der Waals surface area (Å²) in [5.74, 6) is -9.81. The Hall–Kier alpha value is -5.80. The van der Waals surface area contributed by atoms with Crippen molar-refractivity contribution >= 4 is 47.4 Å². The lowest BCUT2D eigenvalue weighted by Crippen LogP contribution is -2.61. The number of carbonyl (C=O) groups is 8. The molecule has 0 aromatic heterocycles. The maximum Gasteiger partial charge on any atom is 0.326 e. The van der Waals surface area contributed by atoms with Crippen LogP contribution in [0.1, 0.15) is 71.9 Å². The van der Waals surface area contributed by atoms with Gasteiger partial charge in [0, 0.05) is 5.92 Å². The van der Waals surface area contributed by atoms with Gasteiger partial charge < -0.3 is 42.5 Å². The van der Waals surface area contributed by atoms with Gasteiger partial charge in [-0.1, -0.05) is 102 Å². The highest BCUT2D eigenvalue weighted by molar-refractivity contribution is 5.98. The van der Waals surface area contributed by atoms with Gasteiger partial charge in [0.15, 0.2) is 0 Å². The minimum atomic E-state index is -1.79. The van der Waals surface area contributed by atoms with Crippen LogP contribution < -0.4 is 32.3 Å². The Morgan fingerprint density at radius 3 is 1.32 bits per heavy atom. The van der Waals surface area contributed by atoms with E-state index < -0.39 is 102 Å². The lowest BCUT2D eigenvalue weighted by Gasteiger charge is -2.29. The number of carbonyl (C=O) groups excluding carboxylic acids is 6. The van der Waals surface area contributed by atoms with Gasteiger partial charge in [-0.15, -0.1) is 0 Å². The first-order valence-corrected chi connectivity index (χ1v) is 18.6. The van der Waals surface area contributed by atoms with Crippen molar-refractivity contribution in [3.8, 4) is 0 Å². The normalized spacial score (nSPS) is 13.9. The monoisotopic (exact) mass is 780 g/mol. The number of carboxylic acids is 2. The number of benzene rings is 2. The lowest BCUT2D eigenvalue weighted by molar-refractivity contribution is -0.144. The van der Waals surface area contributed by atoms with Crippen molar-refractivity contribution in [1.82, 2.24) is 26.6 Å². The first kappa shape index (κ1) is 46.4. The second kappa shape index (κ2) is 22.5. The number of hydrogen-bond acceptors (Lipinski definition) is 8. The van der Waals surface area contributed by atoms with Crippen molar-refractivity contribution in [3.63, 3.8) is 0 Å². The molecule has 0 spiro atoms. The summed E-state index contributed by atoms with van der Waals surface area (Å²) in [6.45, 7) is 10.1. The highest BCUT2D eigenvalue weighted by atomic mass is 16.4. The molecule has 2 aromatic rings. The average molecular weight is 781 g/mol. The van der Waals surface area contributed by atoms with E-state index in [0.717, 1.165) is 11.1 Å². The van der Waals surface area contributed by atoms with Gasteiger partial charge in [-0.2, -0.15) is 0 Å². The molecule has 2 aromatic carbocycles. The van der Waals surface area contributed by atoms with Crippen molar-refractivity contribution in [2.24, 2.45) is 29.4 Å². The van der Waals surface area contributed by atoms with Gasteiger partial charge in [-0.3, -0.25) is 33.6 Å². The van der Waals surface area contributed by atoms with Crippen molar-refractivity contribution in [2.75, 3.05) is 0 Å². The summed E-state index contributed by atoms with van der Waals surface area (Å²) in [5, 5.41) is 31.3. The van der Waals surface area contributed by atoms with Gasteiger partial charge in [-0.05, 0) is 48.1 Å². The molecule has 5 atom stereocenters. The smallest absolute Gasteiger partial charge is 0.326 e. The lowest BCUT2D eigenvalue weighted by atomic mass is 9.90. The van der Waals surface area contributed by atoms with Crippen molar-refractivity contribution < 1.29 is 48.6 Å². The minimum Gasteiger partial charge on any atom is -0.481 e. The molecule has 0 saturated heterocycles. The summed E-state index contributed by atoms with van der Waals surface area (Å²) in [5.41, 5.74) is 7.23. The highest BCUT2D eigenvalue weighted by Crippen LogP contribution is 2.17. The molecule has 0 aliphatic heterocycles. The maximum atomic E-state index is 13.8. The van der Waals surface area contributed by atoms with E-state index in [0.29, 0.717) is 12.8 Å². The third kappa shape index (κ3) is 15.9. The number of primary amides is 1. The second-order valence-corrected chi connectivity index (χ2v) is 15.0. The number of amides is 6. The predicted octanol–water partition coefficient (Wildman–Crippen LogP) is 1.30. The molecule has 0 unspecified atom stereocenters. The van der Waals surface area contributed by atoms with E-state index >= 15 is 0 Å². The van der Waals surface area contributed by atoms with E-state index in [9.17, 15) is 48.6 Å². The fraction of sp³-hybridized carbons (Fsp3) is 0.500. The van der Waals surface area contributed by atoms with Crippen LogP contribution in [0, 0.1) is 23.7 Å². The zero-order chi connectivity index (χ0) is 42.1. The van der Waals surface area contributed by atoms with Crippen LogP contribution in [0.2, 0.25) is 0 Å². The van der Waals surface area contributed by atoms with Crippen LogP contribution in [0.4, 0.5) is 0 Å². The molecule has 0 saturated carbocycles. The Morgan fingerprint density at radius 1 is 0.536 bits per heavy atom. The van der Waals surface area contributed by atoms with E-state index in [2.05, 4.69) is 26.6 Å². The summed E-state index contributed by atoms with van der Waals surface area (Å²) in [6.07, 6.45) is -0.894. The molecule has 0 bridgehead atoms. The Morgan fingerprint density at radius 2 is 0.929 bits per heavy atom. The summed E-state index contributed by atoms with van der Waals surface area (Å²) in [7, 11) is 0. The fourth-order valence-corrected chi connectivity index (χ4v) is 5.93. The number of rotatable bonds is 23. The third-order valence-corrected chi connectivity index (χ3v) is 8.89. The second-order valence-electron chi connectivity index (χ2n) is 15.0. The Kier molecular flexibility index (Phi) is 18.7. The van der Waals surface area contributed by atoms with Crippen LogP contribution in [0.3, 0.4) is 0 Å². The molecule has 6 amide bonds. The molecule has 2 rings (SSSR count). The molecule has 0 aliphatic carbocycles. The molecule has 56 heavy (non-hydrogen) atoms. The summed E-state index contributed by atoms with van der Waals surface area (Å²) in [6, 6.07) is 11.7. The van der Waals surface area contributed by atoms with E-state index in [1.807, 2.05) is 60.7 Å². The van der Waals surface area contributed by atoms with E-state index in [-0.39, 0.29) is 18.2 Å². The molecular formula is C40H56N6O10. The van der Waals surface area contributed by atoms with Crippen molar-refractivity contribution in [1.29, 1.82) is 0 Å².